The van der Waals surface area contributed by atoms with Gasteiger partial charge in [0.15, 0.2) is 11.5 Å². The van der Waals surface area contributed by atoms with E-state index in [1.165, 1.54) is 0 Å². The summed E-state index contributed by atoms with van der Waals surface area (Å²) >= 11 is 0. The fourth-order valence-corrected chi connectivity index (χ4v) is 1.88. The van der Waals surface area contributed by atoms with Crippen LogP contribution in [0.3, 0.4) is 0 Å². The Morgan fingerprint density at radius 2 is 1.78 bits per heavy atom. The van der Waals surface area contributed by atoms with Gasteiger partial charge in [0.1, 0.15) is 16.7 Å². The smallest absolute Gasteiger partial charge is 0.182 e. The van der Waals surface area contributed by atoms with E-state index in [1.54, 1.807) is 25.0 Å². The van der Waals surface area contributed by atoms with Crippen LogP contribution in [0.15, 0.2) is 31.1 Å². The molecule has 4 rings (SSSR count). The first-order valence-corrected chi connectivity index (χ1v) is 5.36. The second-order valence-corrected chi connectivity index (χ2v) is 3.79. The number of hydrogen-bond acceptors (Lipinski definition) is 5. The summed E-state index contributed by atoms with van der Waals surface area (Å²) in [6.45, 7) is 0. The summed E-state index contributed by atoms with van der Waals surface area (Å²) < 4.78 is 0. The van der Waals surface area contributed by atoms with Crippen molar-refractivity contribution in [3.63, 3.8) is 0 Å². The molecule has 0 saturated carbocycles. The van der Waals surface area contributed by atoms with Gasteiger partial charge < -0.3 is 9.97 Å². The molecule has 18 heavy (non-hydrogen) atoms. The maximum atomic E-state index is 4.37. The van der Waals surface area contributed by atoms with E-state index in [2.05, 4.69) is 34.9 Å². The highest BCUT2D eigenvalue weighted by Gasteiger charge is 2.11. The van der Waals surface area contributed by atoms with E-state index < -0.39 is 0 Å². The van der Waals surface area contributed by atoms with Crippen molar-refractivity contribution >= 4 is 22.2 Å². The van der Waals surface area contributed by atoms with Crippen LogP contribution in [0, 0.1) is 0 Å². The van der Waals surface area contributed by atoms with Crippen molar-refractivity contribution in [2.24, 2.45) is 0 Å². The number of nitrogens with zero attached hydrogens (tertiary/aromatic N) is 5. The van der Waals surface area contributed by atoms with Gasteiger partial charge in [0.25, 0.3) is 0 Å². The van der Waals surface area contributed by atoms with E-state index in [0.29, 0.717) is 17.2 Å². The number of hydrogen-bond donors (Lipinski definition) is 2. The van der Waals surface area contributed by atoms with E-state index >= 15 is 0 Å². The van der Waals surface area contributed by atoms with Crippen molar-refractivity contribution in [1.82, 2.24) is 34.9 Å². The number of nitrogens with one attached hydrogen (secondary N) is 2. The molecule has 0 aliphatic carbocycles. The van der Waals surface area contributed by atoms with Crippen LogP contribution in [0.25, 0.3) is 33.7 Å². The Morgan fingerprint density at radius 1 is 0.889 bits per heavy atom. The molecule has 4 aromatic heterocycles. The van der Waals surface area contributed by atoms with E-state index in [9.17, 15) is 0 Å². The van der Waals surface area contributed by atoms with Crippen LogP contribution in [-0.2, 0) is 0 Å². The van der Waals surface area contributed by atoms with Crippen LogP contribution in [0.1, 0.15) is 0 Å². The number of rotatable bonds is 1. The molecular formula is C11H7N7. The lowest BCUT2D eigenvalue weighted by Gasteiger charge is -1.99. The molecule has 0 aliphatic heterocycles. The van der Waals surface area contributed by atoms with Gasteiger partial charge in [-0.05, 0) is 6.07 Å². The minimum atomic E-state index is 0.521. The first kappa shape index (κ1) is 9.23. The zero-order valence-electron chi connectivity index (χ0n) is 9.12. The van der Waals surface area contributed by atoms with Gasteiger partial charge in [-0.15, -0.1) is 0 Å². The highest BCUT2D eigenvalue weighted by atomic mass is 15.0. The molecule has 0 saturated heterocycles. The fourth-order valence-electron chi connectivity index (χ4n) is 1.88. The van der Waals surface area contributed by atoms with Crippen molar-refractivity contribution in [3.8, 4) is 11.5 Å². The number of aromatic amines is 2. The van der Waals surface area contributed by atoms with Crippen LogP contribution < -0.4 is 0 Å². The van der Waals surface area contributed by atoms with Gasteiger partial charge in [-0.1, -0.05) is 0 Å². The lowest BCUT2D eigenvalue weighted by atomic mass is 10.3. The van der Waals surface area contributed by atoms with Crippen molar-refractivity contribution in [2.45, 2.75) is 0 Å². The largest absolute Gasteiger partial charge is 0.344 e. The Morgan fingerprint density at radius 3 is 2.78 bits per heavy atom. The van der Waals surface area contributed by atoms with Gasteiger partial charge in [0.2, 0.25) is 0 Å². The molecule has 0 aromatic carbocycles. The molecule has 0 radical (unpaired) electrons. The van der Waals surface area contributed by atoms with Gasteiger partial charge in [0.05, 0.1) is 24.4 Å². The molecule has 0 fully saturated rings. The number of aromatic nitrogens is 7. The third kappa shape index (κ3) is 1.21. The Balaban J connectivity index is 2.03. The molecule has 2 N–H and O–H groups in total. The molecule has 0 atom stereocenters. The highest BCUT2D eigenvalue weighted by Crippen LogP contribution is 2.21. The third-order valence-electron chi connectivity index (χ3n) is 2.73. The van der Waals surface area contributed by atoms with E-state index in [0.717, 1.165) is 16.6 Å². The summed E-state index contributed by atoms with van der Waals surface area (Å²) in [7, 11) is 0. The molecule has 0 bridgehead atoms. The number of fused-ring (bicyclic) bond motifs is 2. The first-order chi connectivity index (χ1) is 8.92. The Kier molecular flexibility index (Phi) is 1.71. The van der Waals surface area contributed by atoms with Gasteiger partial charge >= 0.3 is 0 Å². The Hall–Kier alpha value is -2.83. The SMILES string of the molecule is c1cc2[nH]cnc2c(-c2ncc3[nH]cnc3n2)n1. The molecular weight excluding hydrogens is 230 g/mol. The second-order valence-electron chi connectivity index (χ2n) is 3.79. The quantitative estimate of drug-likeness (QED) is 0.520. The summed E-state index contributed by atoms with van der Waals surface area (Å²) in [4.78, 5) is 27.3. The van der Waals surface area contributed by atoms with Crippen LogP contribution >= 0.6 is 0 Å². The summed E-state index contributed by atoms with van der Waals surface area (Å²) in [6.07, 6.45) is 6.61. The van der Waals surface area contributed by atoms with Crippen LogP contribution in [0.4, 0.5) is 0 Å². The molecule has 0 spiro atoms. The van der Waals surface area contributed by atoms with Gasteiger partial charge in [-0.25, -0.2) is 19.9 Å². The third-order valence-corrected chi connectivity index (χ3v) is 2.73. The lowest BCUT2D eigenvalue weighted by molar-refractivity contribution is 1.17. The van der Waals surface area contributed by atoms with Crippen molar-refractivity contribution in [1.29, 1.82) is 0 Å². The molecule has 7 heteroatoms. The second kappa shape index (κ2) is 3.33. The summed E-state index contributed by atoms with van der Waals surface area (Å²) in [5.41, 5.74) is 3.74. The highest BCUT2D eigenvalue weighted by molar-refractivity contribution is 5.87. The summed E-state index contributed by atoms with van der Waals surface area (Å²) in [5, 5.41) is 0. The predicted molar refractivity (Wildman–Crippen MR) is 64.6 cm³/mol. The summed E-state index contributed by atoms with van der Waals surface area (Å²) in [5.74, 6) is 0.521. The van der Waals surface area contributed by atoms with E-state index in [1.807, 2.05) is 6.07 Å². The monoisotopic (exact) mass is 237 g/mol. The molecule has 0 amide bonds. The molecule has 0 aliphatic rings. The maximum Gasteiger partial charge on any atom is 0.182 e. The van der Waals surface area contributed by atoms with Gasteiger partial charge in [-0.2, -0.15) is 0 Å². The number of imidazole rings is 2. The maximum absolute atomic E-state index is 4.37. The van der Waals surface area contributed by atoms with Crippen molar-refractivity contribution in [2.75, 3.05) is 0 Å². The Bertz CT molecular complexity index is 844. The van der Waals surface area contributed by atoms with Gasteiger partial charge in [-0.3, -0.25) is 4.98 Å². The van der Waals surface area contributed by atoms with Gasteiger partial charge in [0, 0.05) is 6.20 Å². The van der Waals surface area contributed by atoms with Crippen molar-refractivity contribution in [3.05, 3.63) is 31.1 Å². The number of H-pyrrole nitrogens is 2. The number of pyridine rings is 1. The van der Waals surface area contributed by atoms with Crippen LogP contribution in [0.2, 0.25) is 0 Å². The standard InChI is InChI=1S/C11H7N7/c1-2-12-9(8-6(1)14-4-16-8)11-13-3-7-10(18-11)17-5-15-7/h1-5H,(H,14,16)(H,13,15,17,18). The molecule has 7 nitrogen and oxygen atoms in total. The van der Waals surface area contributed by atoms with Crippen LogP contribution in [0.5, 0.6) is 0 Å². The normalized spacial score (nSPS) is 11.3. The molecule has 0 unspecified atom stereocenters. The van der Waals surface area contributed by atoms with E-state index in [4.69, 9.17) is 0 Å². The minimum absolute atomic E-state index is 0.521. The fraction of sp³-hybridized carbons (Fsp3) is 0. The lowest BCUT2D eigenvalue weighted by Crippen LogP contribution is -1.93. The topological polar surface area (TPSA) is 96.0 Å². The predicted octanol–water partition coefficient (Wildman–Crippen LogP) is 1.29. The molecule has 4 heterocycles. The van der Waals surface area contributed by atoms with Crippen LogP contribution in [-0.4, -0.2) is 34.9 Å². The average Bonchev–Trinajstić information content (AvgIpc) is 3.05. The van der Waals surface area contributed by atoms with Crippen molar-refractivity contribution < 1.29 is 0 Å². The Labute approximate surface area is 100 Å². The minimum Gasteiger partial charge on any atom is -0.344 e. The molecule has 86 valence electrons. The average molecular weight is 237 g/mol. The zero-order valence-corrected chi connectivity index (χ0v) is 9.12. The molecule has 4 aromatic rings. The first-order valence-electron chi connectivity index (χ1n) is 5.36. The summed E-state index contributed by atoms with van der Waals surface area (Å²) in [6, 6.07) is 1.86. The zero-order chi connectivity index (χ0) is 11.9. The van der Waals surface area contributed by atoms with E-state index in [-0.39, 0.29) is 0 Å².